The van der Waals surface area contributed by atoms with Crippen LogP contribution >= 0.6 is 24.0 Å². The van der Waals surface area contributed by atoms with Crippen LogP contribution in [0.4, 0.5) is 0 Å². The molecule has 140 valence electrons. The van der Waals surface area contributed by atoms with E-state index in [1.54, 1.807) is 7.11 Å². The molecule has 2 N–H and O–H groups in total. The van der Waals surface area contributed by atoms with Crippen LogP contribution in [0.5, 0.6) is 5.75 Å². The molecule has 2 heterocycles. The van der Waals surface area contributed by atoms with Gasteiger partial charge >= 0.3 is 0 Å². The maximum absolute atomic E-state index is 5.89. The summed E-state index contributed by atoms with van der Waals surface area (Å²) in [6.45, 7) is 3.15. The van der Waals surface area contributed by atoms with Gasteiger partial charge in [0, 0.05) is 13.6 Å². The Kier molecular flexibility index (Phi) is 7.81. The fraction of sp³-hybridized carbons (Fsp3) is 0.632. The maximum atomic E-state index is 5.89. The molecule has 3 rings (SSSR count). The molecule has 2 aliphatic rings. The zero-order valence-electron chi connectivity index (χ0n) is 15.3. The minimum Gasteiger partial charge on any atom is -0.497 e. The zero-order valence-corrected chi connectivity index (χ0v) is 17.7. The summed E-state index contributed by atoms with van der Waals surface area (Å²) in [5.41, 5.74) is 1.34. The van der Waals surface area contributed by atoms with Gasteiger partial charge in [-0.15, -0.1) is 24.0 Å². The van der Waals surface area contributed by atoms with Crippen LogP contribution in [0.2, 0.25) is 0 Å². The van der Waals surface area contributed by atoms with E-state index in [0.717, 1.165) is 31.1 Å². The monoisotopic (exact) mass is 459 g/mol. The van der Waals surface area contributed by atoms with Crippen molar-refractivity contribution in [2.75, 3.05) is 20.7 Å². The highest BCUT2D eigenvalue weighted by Crippen LogP contribution is 2.34. The summed E-state index contributed by atoms with van der Waals surface area (Å²) in [4.78, 5) is 4.35. The minimum atomic E-state index is 0. The lowest BCUT2D eigenvalue weighted by Gasteiger charge is -2.23. The molecule has 0 saturated carbocycles. The van der Waals surface area contributed by atoms with Crippen LogP contribution in [0.1, 0.15) is 44.1 Å². The first-order valence-corrected chi connectivity index (χ1v) is 8.96. The number of nitrogens with one attached hydrogen (secondary N) is 2. The van der Waals surface area contributed by atoms with Crippen LogP contribution in [0.15, 0.2) is 29.3 Å². The van der Waals surface area contributed by atoms with Gasteiger partial charge in [-0.3, -0.25) is 4.99 Å². The maximum Gasteiger partial charge on any atom is 0.191 e. The predicted molar refractivity (Wildman–Crippen MR) is 112 cm³/mol. The highest BCUT2D eigenvalue weighted by Gasteiger charge is 2.41. The highest BCUT2D eigenvalue weighted by molar-refractivity contribution is 14.0. The summed E-state index contributed by atoms with van der Waals surface area (Å²) < 4.78 is 11.1. The van der Waals surface area contributed by atoms with E-state index in [0.29, 0.717) is 24.2 Å². The van der Waals surface area contributed by atoms with E-state index in [9.17, 15) is 0 Å². The quantitative estimate of drug-likeness (QED) is 0.390. The predicted octanol–water partition coefficient (Wildman–Crippen LogP) is 3.29. The Bertz CT molecular complexity index is 564. The molecule has 0 radical (unpaired) electrons. The molecule has 0 aromatic heterocycles. The van der Waals surface area contributed by atoms with E-state index in [1.807, 2.05) is 19.2 Å². The van der Waals surface area contributed by atoms with Crippen LogP contribution in [-0.2, 0) is 4.74 Å². The second-order valence-corrected chi connectivity index (χ2v) is 6.82. The van der Waals surface area contributed by atoms with Crippen molar-refractivity contribution in [2.24, 2.45) is 4.99 Å². The molecule has 1 aromatic carbocycles. The van der Waals surface area contributed by atoms with Gasteiger partial charge in [0.15, 0.2) is 5.96 Å². The van der Waals surface area contributed by atoms with Crippen LogP contribution in [0.3, 0.4) is 0 Å². The summed E-state index contributed by atoms with van der Waals surface area (Å²) in [5, 5.41) is 6.96. The smallest absolute Gasteiger partial charge is 0.191 e. The van der Waals surface area contributed by atoms with Crippen molar-refractivity contribution >= 4 is 29.9 Å². The molecule has 4 unspecified atom stereocenters. The fourth-order valence-corrected chi connectivity index (χ4v) is 3.67. The molecule has 2 saturated heterocycles. The lowest BCUT2D eigenvalue weighted by atomic mass is 9.95. The summed E-state index contributed by atoms with van der Waals surface area (Å²) in [6, 6.07) is 8.74. The number of fused-ring (bicyclic) bond motifs is 2. The lowest BCUT2D eigenvalue weighted by Crippen LogP contribution is -2.47. The largest absolute Gasteiger partial charge is 0.497 e. The van der Waals surface area contributed by atoms with Crippen LogP contribution < -0.4 is 15.4 Å². The Balaban J connectivity index is 0.00000225. The van der Waals surface area contributed by atoms with E-state index < -0.39 is 0 Å². The first-order valence-electron chi connectivity index (χ1n) is 8.96. The molecule has 5 nitrogen and oxygen atoms in total. The zero-order chi connectivity index (χ0) is 16.9. The Hall–Kier alpha value is -1.02. The van der Waals surface area contributed by atoms with Gasteiger partial charge in [0.05, 0.1) is 25.4 Å². The number of hydrogen-bond acceptors (Lipinski definition) is 3. The van der Waals surface area contributed by atoms with Gasteiger partial charge in [-0.05, 0) is 49.3 Å². The number of guanidine groups is 1. The molecule has 0 amide bonds. The third kappa shape index (κ3) is 5.23. The van der Waals surface area contributed by atoms with Crippen LogP contribution in [0.25, 0.3) is 0 Å². The number of halogens is 1. The van der Waals surface area contributed by atoms with Gasteiger partial charge in [-0.25, -0.2) is 0 Å². The van der Waals surface area contributed by atoms with Crippen molar-refractivity contribution in [3.8, 4) is 5.75 Å². The van der Waals surface area contributed by atoms with Crippen LogP contribution in [0, 0.1) is 0 Å². The number of hydrogen-bond donors (Lipinski definition) is 2. The number of aliphatic imine (C=N–C) groups is 1. The number of ether oxygens (including phenoxy) is 2. The number of methoxy groups -OCH3 is 1. The average Bonchev–Trinajstić information content (AvgIpc) is 3.23. The topological polar surface area (TPSA) is 54.9 Å². The number of nitrogens with zero attached hydrogens (tertiary/aromatic N) is 1. The van der Waals surface area contributed by atoms with Crippen molar-refractivity contribution in [3.05, 3.63) is 29.8 Å². The fourth-order valence-electron chi connectivity index (χ4n) is 3.67. The van der Waals surface area contributed by atoms with Crippen molar-refractivity contribution in [3.63, 3.8) is 0 Å². The molecule has 1 aromatic rings. The molecule has 2 aliphatic heterocycles. The second-order valence-electron chi connectivity index (χ2n) is 6.82. The third-order valence-corrected chi connectivity index (χ3v) is 5.21. The van der Waals surface area contributed by atoms with Crippen molar-refractivity contribution in [1.29, 1.82) is 0 Å². The first kappa shape index (κ1) is 20.3. The Morgan fingerprint density at radius 3 is 2.64 bits per heavy atom. The van der Waals surface area contributed by atoms with Crippen molar-refractivity contribution < 1.29 is 9.47 Å². The summed E-state index contributed by atoms with van der Waals surface area (Å²) in [5.74, 6) is 2.28. The second kappa shape index (κ2) is 9.62. The van der Waals surface area contributed by atoms with Gasteiger partial charge < -0.3 is 20.1 Å². The Morgan fingerprint density at radius 2 is 2.08 bits per heavy atom. The van der Waals surface area contributed by atoms with Gasteiger partial charge in [0.1, 0.15) is 5.75 Å². The molecule has 0 aliphatic carbocycles. The van der Waals surface area contributed by atoms with Crippen molar-refractivity contribution in [2.45, 2.75) is 56.8 Å². The van der Waals surface area contributed by atoms with E-state index in [-0.39, 0.29) is 24.0 Å². The standard InChI is InChI=1S/C19H29N3O2.HI/c1-13(14-4-6-15(23-3)7-5-14)10-11-21-19(20-2)22-17-12-16-8-9-18(17)24-16;/h4-7,13,16-18H,8-12H2,1-3H3,(H2,20,21,22);1H. The molecule has 2 bridgehead atoms. The van der Waals surface area contributed by atoms with E-state index >= 15 is 0 Å². The SMILES string of the molecule is CN=C(NCCC(C)c1ccc(OC)cc1)NC1CC2CCC1O2.I. The first-order chi connectivity index (χ1) is 11.7. The van der Waals surface area contributed by atoms with Crippen LogP contribution in [-0.4, -0.2) is 44.9 Å². The number of benzene rings is 1. The third-order valence-electron chi connectivity index (χ3n) is 5.21. The van der Waals surface area contributed by atoms with Gasteiger partial charge in [0.2, 0.25) is 0 Å². The molecule has 6 heteroatoms. The normalized spacial score (nSPS) is 26.0. The molecular formula is C19H30IN3O2. The summed E-state index contributed by atoms with van der Waals surface area (Å²) in [7, 11) is 3.53. The van der Waals surface area contributed by atoms with E-state index in [4.69, 9.17) is 9.47 Å². The van der Waals surface area contributed by atoms with Crippen molar-refractivity contribution in [1.82, 2.24) is 10.6 Å². The molecule has 25 heavy (non-hydrogen) atoms. The Morgan fingerprint density at radius 1 is 1.32 bits per heavy atom. The Labute approximate surface area is 168 Å². The van der Waals surface area contributed by atoms with E-state index in [1.165, 1.54) is 18.4 Å². The van der Waals surface area contributed by atoms with E-state index in [2.05, 4.69) is 34.7 Å². The van der Waals surface area contributed by atoms with Gasteiger partial charge in [-0.1, -0.05) is 19.1 Å². The molecular weight excluding hydrogens is 429 g/mol. The highest BCUT2D eigenvalue weighted by atomic mass is 127. The van der Waals surface area contributed by atoms with Gasteiger partial charge in [0.25, 0.3) is 0 Å². The van der Waals surface area contributed by atoms with Gasteiger partial charge in [-0.2, -0.15) is 0 Å². The average molecular weight is 459 g/mol. The minimum absolute atomic E-state index is 0. The summed E-state index contributed by atoms with van der Waals surface area (Å²) >= 11 is 0. The summed E-state index contributed by atoms with van der Waals surface area (Å²) in [6.07, 6.45) is 5.38. The number of rotatable bonds is 6. The molecule has 2 fully saturated rings. The lowest BCUT2D eigenvalue weighted by molar-refractivity contribution is 0.0992. The molecule has 4 atom stereocenters. The molecule has 0 spiro atoms.